The van der Waals surface area contributed by atoms with Crippen molar-refractivity contribution < 1.29 is 32.3 Å². The van der Waals surface area contributed by atoms with Crippen molar-refractivity contribution >= 4 is 55.8 Å². The van der Waals surface area contributed by atoms with Gasteiger partial charge in [0.1, 0.15) is 5.82 Å². The number of benzene rings is 4. The first kappa shape index (κ1) is 28.1. The third kappa shape index (κ3) is 6.25. The summed E-state index contributed by atoms with van der Waals surface area (Å²) in [4.78, 5) is 44.8. The van der Waals surface area contributed by atoms with E-state index in [-0.39, 0.29) is 18.1 Å². The summed E-state index contributed by atoms with van der Waals surface area (Å²) in [6, 6.07) is 22.2. The van der Waals surface area contributed by atoms with Crippen molar-refractivity contribution in [2.75, 3.05) is 15.5 Å². The SMILES string of the molecule is O=C(Nc1nc2ccccc2s1)c1ccc(N(Cc2ccc(F)cc2)C(=O)[C@H]2O[C@@H]2C(=O)Nc2ccc(F)c(F)c2)cc1. The molecule has 1 aliphatic rings. The smallest absolute Gasteiger partial charge is 0.259 e. The summed E-state index contributed by atoms with van der Waals surface area (Å²) in [6.45, 7) is 0.0216. The van der Waals surface area contributed by atoms with Gasteiger partial charge in [-0.15, -0.1) is 0 Å². The third-order valence-corrected chi connectivity index (χ3v) is 7.61. The van der Waals surface area contributed by atoms with E-state index in [9.17, 15) is 27.6 Å². The van der Waals surface area contributed by atoms with Gasteiger partial charge >= 0.3 is 0 Å². The van der Waals surface area contributed by atoms with Crippen molar-refractivity contribution in [2.45, 2.75) is 18.8 Å². The van der Waals surface area contributed by atoms with Crippen molar-refractivity contribution in [3.05, 3.63) is 120 Å². The highest BCUT2D eigenvalue weighted by atomic mass is 32.1. The normalized spacial score (nSPS) is 15.6. The summed E-state index contributed by atoms with van der Waals surface area (Å²) in [5.41, 5.74) is 2.11. The van der Waals surface area contributed by atoms with Crippen LogP contribution in [-0.4, -0.2) is 34.9 Å². The zero-order chi connectivity index (χ0) is 30.1. The maximum atomic E-state index is 13.5. The van der Waals surface area contributed by atoms with Gasteiger partial charge in [0, 0.05) is 23.0 Å². The molecule has 6 rings (SSSR count). The second kappa shape index (κ2) is 11.7. The summed E-state index contributed by atoms with van der Waals surface area (Å²) in [5, 5.41) is 5.64. The largest absolute Gasteiger partial charge is 0.349 e. The number of hydrogen-bond acceptors (Lipinski definition) is 6. The Morgan fingerprint density at radius 3 is 2.30 bits per heavy atom. The van der Waals surface area contributed by atoms with E-state index in [0.29, 0.717) is 21.9 Å². The predicted octanol–water partition coefficient (Wildman–Crippen LogP) is 5.91. The van der Waals surface area contributed by atoms with Crippen LogP contribution in [0, 0.1) is 17.5 Å². The minimum Gasteiger partial charge on any atom is -0.349 e. The molecule has 1 aromatic heterocycles. The van der Waals surface area contributed by atoms with Crippen LogP contribution >= 0.6 is 11.3 Å². The molecule has 2 heterocycles. The topological polar surface area (TPSA) is 104 Å². The molecule has 216 valence electrons. The maximum Gasteiger partial charge on any atom is 0.259 e. The van der Waals surface area contributed by atoms with Crippen molar-refractivity contribution in [1.82, 2.24) is 4.98 Å². The van der Waals surface area contributed by atoms with Gasteiger partial charge in [-0.2, -0.15) is 0 Å². The van der Waals surface area contributed by atoms with Crippen LogP contribution < -0.4 is 15.5 Å². The summed E-state index contributed by atoms with van der Waals surface area (Å²) < 4.78 is 46.6. The number of ether oxygens (including phenoxy) is 1. The lowest BCUT2D eigenvalue weighted by Crippen LogP contribution is -2.36. The van der Waals surface area contributed by atoms with E-state index >= 15 is 0 Å². The zero-order valence-corrected chi connectivity index (χ0v) is 22.9. The molecule has 1 aliphatic heterocycles. The van der Waals surface area contributed by atoms with E-state index in [1.165, 1.54) is 46.6 Å². The molecule has 0 bridgehead atoms. The van der Waals surface area contributed by atoms with E-state index in [2.05, 4.69) is 15.6 Å². The van der Waals surface area contributed by atoms with Gasteiger partial charge < -0.3 is 15.0 Å². The molecule has 0 saturated carbocycles. The number of epoxide rings is 1. The van der Waals surface area contributed by atoms with E-state index in [0.717, 1.165) is 22.3 Å². The van der Waals surface area contributed by atoms with Gasteiger partial charge in [-0.25, -0.2) is 18.2 Å². The predicted molar refractivity (Wildman–Crippen MR) is 155 cm³/mol. The second-order valence-electron chi connectivity index (χ2n) is 9.63. The quantitative estimate of drug-likeness (QED) is 0.215. The number of nitrogens with one attached hydrogen (secondary N) is 2. The number of hydrogen-bond donors (Lipinski definition) is 2. The Morgan fingerprint density at radius 2 is 1.58 bits per heavy atom. The Labute approximate surface area is 246 Å². The fourth-order valence-electron chi connectivity index (χ4n) is 4.40. The molecule has 8 nitrogen and oxygen atoms in total. The number of nitrogens with zero attached hydrogens (tertiary/aromatic N) is 2. The molecule has 0 spiro atoms. The molecule has 5 aromatic rings. The Hall–Kier alpha value is -5.07. The van der Waals surface area contributed by atoms with Gasteiger partial charge in [0.25, 0.3) is 17.7 Å². The molecule has 2 N–H and O–H groups in total. The van der Waals surface area contributed by atoms with Crippen LogP contribution in [0.2, 0.25) is 0 Å². The van der Waals surface area contributed by atoms with Gasteiger partial charge in [0.05, 0.1) is 16.8 Å². The third-order valence-electron chi connectivity index (χ3n) is 6.66. The Morgan fingerprint density at radius 1 is 0.837 bits per heavy atom. The van der Waals surface area contributed by atoms with Crippen LogP contribution in [0.5, 0.6) is 0 Å². The number of aromatic nitrogens is 1. The highest BCUT2D eigenvalue weighted by Gasteiger charge is 2.52. The molecule has 3 amide bonds. The first-order valence-corrected chi connectivity index (χ1v) is 13.8. The number of halogens is 3. The van der Waals surface area contributed by atoms with Crippen LogP contribution in [0.15, 0.2) is 91.0 Å². The highest BCUT2D eigenvalue weighted by molar-refractivity contribution is 7.22. The molecule has 4 aromatic carbocycles. The van der Waals surface area contributed by atoms with Gasteiger partial charge in [0.15, 0.2) is 29.0 Å². The lowest BCUT2D eigenvalue weighted by atomic mass is 10.1. The summed E-state index contributed by atoms with van der Waals surface area (Å²) in [7, 11) is 0. The minimum atomic E-state index is -1.16. The van der Waals surface area contributed by atoms with Gasteiger partial charge in [-0.3, -0.25) is 19.7 Å². The van der Waals surface area contributed by atoms with Crippen molar-refractivity contribution in [3.63, 3.8) is 0 Å². The summed E-state index contributed by atoms with van der Waals surface area (Å²) in [6.07, 6.45) is -2.30. The molecule has 0 radical (unpaired) electrons. The molecule has 0 aliphatic carbocycles. The van der Waals surface area contributed by atoms with Crippen LogP contribution in [0.3, 0.4) is 0 Å². The van der Waals surface area contributed by atoms with Gasteiger partial charge in [0.2, 0.25) is 0 Å². The molecule has 1 fully saturated rings. The van der Waals surface area contributed by atoms with Crippen LogP contribution in [0.25, 0.3) is 10.2 Å². The van der Waals surface area contributed by atoms with E-state index in [1.54, 1.807) is 24.3 Å². The van der Waals surface area contributed by atoms with E-state index in [4.69, 9.17) is 4.74 Å². The number of carbonyl (C=O) groups excluding carboxylic acids is 3. The molecule has 43 heavy (non-hydrogen) atoms. The number of carbonyl (C=O) groups is 3. The zero-order valence-electron chi connectivity index (χ0n) is 22.1. The van der Waals surface area contributed by atoms with Gasteiger partial charge in [-0.05, 0) is 66.2 Å². The second-order valence-corrected chi connectivity index (χ2v) is 10.7. The monoisotopic (exact) mass is 602 g/mol. The number of anilines is 3. The van der Waals surface area contributed by atoms with Crippen LogP contribution in [0.1, 0.15) is 15.9 Å². The Kier molecular flexibility index (Phi) is 7.61. The first-order chi connectivity index (χ1) is 20.7. The fraction of sp³-hybridized carbons (Fsp3) is 0.0968. The summed E-state index contributed by atoms with van der Waals surface area (Å²) >= 11 is 1.34. The van der Waals surface area contributed by atoms with Crippen molar-refractivity contribution in [3.8, 4) is 0 Å². The molecule has 0 unspecified atom stereocenters. The van der Waals surface area contributed by atoms with E-state index < -0.39 is 41.5 Å². The van der Waals surface area contributed by atoms with Crippen LogP contribution in [0.4, 0.5) is 29.7 Å². The Balaban J connectivity index is 1.18. The molecular formula is C31H21F3N4O4S. The molecule has 2 atom stereocenters. The highest BCUT2D eigenvalue weighted by Crippen LogP contribution is 2.30. The van der Waals surface area contributed by atoms with Crippen molar-refractivity contribution in [1.29, 1.82) is 0 Å². The standard InChI is InChI=1S/C31H21F3N4O4S/c32-19-9-5-17(6-10-19)16-38(30(41)27-26(42-27)29(40)35-20-11-14-22(33)23(34)15-20)21-12-7-18(8-13-21)28(39)37-31-36-24-3-1-2-4-25(24)43-31/h1-15,26-27H,16H2,(H,35,40)(H,36,37,39)/t26-,27-/m0/s1. The lowest BCUT2D eigenvalue weighted by molar-refractivity contribution is -0.120. The Bertz CT molecular complexity index is 1810. The average Bonchev–Trinajstić information content (AvgIpc) is 3.71. The minimum absolute atomic E-state index is 0.00785. The number of amides is 3. The fourth-order valence-corrected chi connectivity index (χ4v) is 5.26. The number of para-hydroxylation sites is 1. The van der Waals surface area contributed by atoms with Crippen molar-refractivity contribution in [2.24, 2.45) is 0 Å². The first-order valence-electron chi connectivity index (χ1n) is 13.0. The number of rotatable bonds is 8. The van der Waals surface area contributed by atoms with Gasteiger partial charge in [-0.1, -0.05) is 35.6 Å². The van der Waals surface area contributed by atoms with Crippen LogP contribution in [-0.2, 0) is 20.9 Å². The molecule has 1 saturated heterocycles. The summed E-state index contributed by atoms with van der Waals surface area (Å²) in [5.74, 6) is -4.28. The lowest BCUT2D eigenvalue weighted by Gasteiger charge is -2.23. The molecule has 12 heteroatoms. The maximum absolute atomic E-state index is 13.5. The number of thiazole rings is 1. The molecular weight excluding hydrogens is 581 g/mol. The number of fused-ring (bicyclic) bond motifs is 1. The average molecular weight is 603 g/mol. The van der Waals surface area contributed by atoms with E-state index in [1.807, 2.05) is 24.3 Å².